The van der Waals surface area contributed by atoms with Crippen molar-refractivity contribution in [2.75, 3.05) is 44.2 Å². The first-order valence-electron chi connectivity index (χ1n) is 8.71. The van der Waals surface area contributed by atoms with Gasteiger partial charge in [0.1, 0.15) is 0 Å². The molecule has 1 N–H and O–H groups in total. The number of hydrogen-bond acceptors (Lipinski definition) is 4. The topological polar surface area (TPSA) is 47.0 Å². The van der Waals surface area contributed by atoms with Crippen LogP contribution in [0.2, 0.25) is 5.02 Å². The summed E-state index contributed by atoms with van der Waals surface area (Å²) >= 11 is 6.09. The second-order valence-corrected chi connectivity index (χ2v) is 7.25. The van der Waals surface area contributed by atoms with Gasteiger partial charge in [-0.05, 0) is 31.0 Å². The molecule has 0 bridgehead atoms. The molecule has 1 aromatic rings. The van der Waals surface area contributed by atoms with Crippen LogP contribution in [-0.4, -0.2) is 72.2 Å². The molecule has 2 saturated heterocycles. The van der Waals surface area contributed by atoms with Crippen molar-refractivity contribution in [3.63, 3.8) is 0 Å². The monoisotopic (exact) mass is 351 g/mol. The van der Waals surface area contributed by atoms with E-state index in [1.54, 1.807) is 11.8 Å². The molecule has 0 aromatic heterocycles. The molecular formula is C18H26ClN3O2. The summed E-state index contributed by atoms with van der Waals surface area (Å²) < 4.78 is 0. The fraction of sp³-hybridized carbons (Fsp3) is 0.611. The van der Waals surface area contributed by atoms with E-state index in [9.17, 15) is 9.90 Å². The highest BCUT2D eigenvalue weighted by atomic mass is 35.5. The van der Waals surface area contributed by atoms with Crippen LogP contribution in [0.1, 0.15) is 19.8 Å². The van der Waals surface area contributed by atoms with Crippen LogP contribution >= 0.6 is 11.6 Å². The number of benzene rings is 1. The molecule has 2 heterocycles. The fourth-order valence-corrected chi connectivity index (χ4v) is 3.98. The van der Waals surface area contributed by atoms with Crippen molar-refractivity contribution < 1.29 is 9.90 Å². The second-order valence-electron chi connectivity index (χ2n) is 6.81. The number of aliphatic hydroxyl groups is 1. The Labute approximate surface area is 148 Å². The van der Waals surface area contributed by atoms with Crippen LogP contribution in [0.5, 0.6) is 0 Å². The zero-order chi connectivity index (χ0) is 17.1. The molecule has 2 aliphatic rings. The molecule has 0 spiro atoms. The van der Waals surface area contributed by atoms with Gasteiger partial charge in [-0.2, -0.15) is 0 Å². The number of nitrogens with zero attached hydrogens (tertiary/aromatic N) is 3. The number of carbonyl (C=O) groups excluding carboxylic acids is 1. The van der Waals surface area contributed by atoms with Crippen LogP contribution in [0.3, 0.4) is 0 Å². The molecule has 1 atom stereocenters. The van der Waals surface area contributed by atoms with Crippen molar-refractivity contribution in [2.24, 2.45) is 0 Å². The predicted molar refractivity (Wildman–Crippen MR) is 96.5 cm³/mol. The van der Waals surface area contributed by atoms with Crippen molar-refractivity contribution >= 4 is 23.2 Å². The van der Waals surface area contributed by atoms with Gasteiger partial charge in [0.05, 0.1) is 6.10 Å². The van der Waals surface area contributed by atoms with E-state index < -0.39 is 6.10 Å². The number of carbonyl (C=O) groups is 1. The molecule has 2 aliphatic heterocycles. The van der Waals surface area contributed by atoms with E-state index in [1.165, 1.54) is 5.69 Å². The highest BCUT2D eigenvalue weighted by Crippen LogP contribution is 2.25. The largest absolute Gasteiger partial charge is 0.390 e. The zero-order valence-corrected chi connectivity index (χ0v) is 15.0. The molecule has 2 fully saturated rings. The Balaban J connectivity index is 1.57. The van der Waals surface area contributed by atoms with E-state index in [2.05, 4.69) is 15.9 Å². The van der Waals surface area contributed by atoms with Gasteiger partial charge in [-0.15, -0.1) is 0 Å². The van der Waals surface area contributed by atoms with E-state index in [0.717, 1.165) is 37.5 Å². The highest BCUT2D eigenvalue weighted by Gasteiger charge is 2.29. The summed E-state index contributed by atoms with van der Waals surface area (Å²) in [6.07, 6.45) is 1.68. The molecule has 1 aromatic carbocycles. The second kappa shape index (κ2) is 7.72. The molecule has 24 heavy (non-hydrogen) atoms. The van der Waals surface area contributed by atoms with Gasteiger partial charge in [-0.3, -0.25) is 9.69 Å². The van der Waals surface area contributed by atoms with Crippen molar-refractivity contribution in [2.45, 2.75) is 31.9 Å². The van der Waals surface area contributed by atoms with Gasteiger partial charge in [-0.1, -0.05) is 17.7 Å². The average Bonchev–Trinajstić information content (AvgIpc) is 2.77. The minimum absolute atomic E-state index is 0.0478. The summed E-state index contributed by atoms with van der Waals surface area (Å²) in [5.74, 6) is 0.0478. The number of anilines is 1. The van der Waals surface area contributed by atoms with Crippen LogP contribution in [-0.2, 0) is 4.79 Å². The number of aliphatic hydroxyl groups excluding tert-OH is 1. The molecule has 0 saturated carbocycles. The quantitative estimate of drug-likeness (QED) is 0.883. The lowest BCUT2D eigenvalue weighted by Gasteiger charge is -2.39. The van der Waals surface area contributed by atoms with Crippen molar-refractivity contribution in [3.8, 4) is 0 Å². The first kappa shape index (κ1) is 17.5. The average molecular weight is 352 g/mol. The van der Waals surface area contributed by atoms with Crippen LogP contribution in [0.15, 0.2) is 24.3 Å². The fourth-order valence-electron chi connectivity index (χ4n) is 3.79. The van der Waals surface area contributed by atoms with Gasteiger partial charge in [0, 0.05) is 62.9 Å². The number of halogens is 1. The Morgan fingerprint density at radius 2 is 1.92 bits per heavy atom. The van der Waals surface area contributed by atoms with E-state index in [4.69, 9.17) is 11.6 Å². The minimum atomic E-state index is -0.456. The molecule has 5 nitrogen and oxygen atoms in total. The summed E-state index contributed by atoms with van der Waals surface area (Å²) in [5, 5.41) is 11.0. The van der Waals surface area contributed by atoms with Crippen molar-refractivity contribution in [1.82, 2.24) is 9.80 Å². The SMILES string of the molecule is CC(=O)N1CCN(C2CCN(c3cccc(Cl)c3)CC2)CC(O)C1. The van der Waals surface area contributed by atoms with Crippen LogP contribution < -0.4 is 4.90 Å². The van der Waals surface area contributed by atoms with Crippen LogP contribution in [0.4, 0.5) is 5.69 Å². The molecule has 1 unspecified atom stereocenters. The van der Waals surface area contributed by atoms with E-state index in [0.29, 0.717) is 25.7 Å². The summed E-state index contributed by atoms with van der Waals surface area (Å²) in [4.78, 5) is 18.1. The molecule has 3 rings (SSSR count). The Kier molecular flexibility index (Phi) is 5.64. The van der Waals surface area contributed by atoms with Crippen molar-refractivity contribution in [1.29, 1.82) is 0 Å². The summed E-state index contributed by atoms with van der Waals surface area (Å²) in [5.41, 5.74) is 1.18. The molecule has 1 amide bonds. The zero-order valence-electron chi connectivity index (χ0n) is 14.2. The Bertz CT molecular complexity index is 575. The van der Waals surface area contributed by atoms with Crippen LogP contribution in [0, 0.1) is 0 Å². The number of rotatable bonds is 2. The van der Waals surface area contributed by atoms with E-state index >= 15 is 0 Å². The molecule has 0 radical (unpaired) electrons. The smallest absolute Gasteiger partial charge is 0.219 e. The molecule has 6 heteroatoms. The van der Waals surface area contributed by atoms with Gasteiger partial charge in [0.2, 0.25) is 5.91 Å². The number of β-amino-alcohol motifs (C(OH)–C–C–N with tert-alkyl or cyclic N) is 1. The first-order valence-corrected chi connectivity index (χ1v) is 9.09. The summed E-state index contributed by atoms with van der Waals surface area (Å²) in [6.45, 7) is 6.23. The predicted octanol–water partition coefficient (Wildman–Crippen LogP) is 1.83. The van der Waals surface area contributed by atoms with Gasteiger partial charge in [-0.25, -0.2) is 0 Å². The lowest BCUT2D eigenvalue weighted by molar-refractivity contribution is -0.129. The maximum Gasteiger partial charge on any atom is 0.219 e. The Morgan fingerprint density at radius 1 is 1.17 bits per heavy atom. The first-order chi connectivity index (χ1) is 11.5. The Morgan fingerprint density at radius 3 is 2.58 bits per heavy atom. The normalized spacial score (nSPS) is 24.0. The third kappa shape index (κ3) is 4.21. The van der Waals surface area contributed by atoms with Gasteiger partial charge in [0.15, 0.2) is 0 Å². The maximum atomic E-state index is 11.6. The highest BCUT2D eigenvalue weighted by molar-refractivity contribution is 6.30. The summed E-state index contributed by atoms with van der Waals surface area (Å²) in [7, 11) is 0. The van der Waals surface area contributed by atoms with Gasteiger partial charge in [0.25, 0.3) is 0 Å². The molecule has 132 valence electrons. The molecular weight excluding hydrogens is 326 g/mol. The third-order valence-electron chi connectivity index (χ3n) is 5.13. The summed E-state index contributed by atoms with van der Waals surface area (Å²) in [6, 6.07) is 8.49. The third-order valence-corrected chi connectivity index (χ3v) is 5.37. The van der Waals surface area contributed by atoms with E-state index in [-0.39, 0.29) is 5.91 Å². The molecule has 0 aliphatic carbocycles. The number of piperidine rings is 1. The van der Waals surface area contributed by atoms with Crippen LogP contribution in [0.25, 0.3) is 0 Å². The standard InChI is InChI=1S/C18H26ClN3O2/c1-14(23)21-9-10-22(13-18(24)12-21)16-5-7-20(8-6-16)17-4-2-3-15(19)11-17/h2-4,11,16,18,24H,5-10,12-13H2,1H3. The van der Waals surface area contributed by atoms with Gasteiger partial charge < -0.3 is 14.9 Å². The van der Waals surface area contributed by atoms with Crippen molar-refractivity contribution in [3.05, 3.63) is 29.3 Å². The van der Waals surface area contributed by atoms with Gasteiger partial charge >= 0.3 is 0 Å². The lowest BCUT2D eigenvalue weighted by Crippen LogP contribution is -2.47. The van der Waals surface area contributed by atoms with E-state index in [1.807, 2.05) is 18.2 Å². The maximum absolute atomic E-state index is 11.6. The number of amides is 1. The Hall–Kier alpha value is -1.30. The lowest BCUT2D eigenvalue weighted by atomic mass is 10.0. The minimum Gasteiger partial charge on any atom is -0.390 e. The number of hydrogen-bond donors (Lipinski definition) is 1.